The van der Waals surface area contributed by atoms with Crippen LogP contribution in [0.5, 0.6) is 5.75 Å². The Morgan fingerprint density at radius 2 is 1.92 bits per heavy atom. The van der Waals surface area contributed by atoms with E-state index in [0.717, 1.165) is 6.07 Å². The van der Waals surface area contributed by atoms with Crippen LogP contribution in [0.2, 0.25) is 0 Å². The summed E-state index contributed by atoms with van der Waals surface area (Å²) in [6, 6.07) is 5.23. The number of carbonyl (C=O) groups excluding carboxylic acids is 3. The minimum atomic E-state index is -0.645. The van der Waals surface area contributed by atoms with Gasteiger partial charge in [0.05, 0.1) is 14.2 Å². The Hall–Kier alpha value is -3.23. The molecule has 0 radical (unpaired) electrons. The largest absolute Gasteiger partial charge is 0.494 e. The molecule has 0 aliphatic rings. The van der Waals surface area contributed by atoms with Crippen LogP contribution < -0.4 is 10.1 Å². The Kier molecular flexibility index (Phi) is 6.05. The second kappa shape index (κ2) is 8.24. The number of aromatic nitrogens is 2. The number of nitrogens with zero attached hydrogens (tertiary/aromatic N) is 2. The van der Waals surface area contributed by atoms with E-state index in [0.29, 0.717) is 5.82 Å². The molecule has 1 amide bonds. The van der Waals surface area contributed by atoms with Crippen molar-refractivity contribution in [1.82, 2.24) is 9.78 Å². The summed E-state index contributed by atoms with van der Waals surface area (Å²) in [5.41, 5.74) is 0.208. The Morgan fingerprint density at radius 3 is 2.54 bits per heavy atom. The van der Waals surface area contributed by atoms with Gasteiger partial charge in [-0.3, -0.25) is 14.3 Å². The fraction of sp³-hybridized carbons (Fsp3) is 0.294. The zero-order valence-corrected chi connectivity index (χ0v) is 14.5. The average Bonchev–Trinajstić information content (AvgIpc) is 2.99. The topological polar surface area (TPSA) is 99.5 Å². The van der Waals surface area contributed by atoms with Gasteiger partial charge in [-0.2, -0.15) is 5.10 Å². The molecule has 1 aromatic carbocycles. The van der Waals surface area contributed by atoms with Gasteiger partial charge in [0.2, 0.25) is 5.91 Å². The summed E-state index contributed by atoms with van der Waals surface area (Å²) in [6.07, 6.45) is -0.204. The van der Waals surface area contributed by atoms with Crippen molar-refractivity contribution in [3.8, 4) is 5.75 Å². The molecule has 1 aromatic heterocycles. The summed E-state index contributed by atoms with van der Waals surface area (Å²) in [5, 5.41) is 6.46. The van der Waals surface area contributed by atoms with Gasteiger partial charge >= 0.3 is 5.97 Å². The number of ketones is 1. The van der Waals surface area contributed by atoms with Gasteiger partial charge in [0, 0.05) is 31.5 Å². The number of benzene rings is 1. The molecule has 0 saturated heterocycles. The summed E-state index contributed by atoms with van der Waals surface area (Å²) in [4.78, 5) is 35.5. The van der Waals surface area contributed by atoms with Crippen LogP contribution in [-0.2, 0) is 16.6 Å². The number of esters is 1. The summed E-state index contributed by atoms with van der Waals surface area (Å²) >= 11 is 0. The first-order valence-electron chi connectivity index (χ1n) is 7.64. The lowest BCUT2D eigenvalue weighted by Crippen LogP contribution is -2.15. The normalized spacial score (nSPS) is 10.3. The van der Waals surface area contributed by atoms with E-state index in [1.54, 1.807) is 7.05 Å². The first kappa shape index (κ1) is 19.1. The highest BCUT2D eigenvalue weighted by Crippen LogP contribution is 2.19. The summed E-state index contributed by atoms with van der Waals surface area (Å²) in [6.45, 7) is 0. The lowest BCUT2D eigenvalue weighted by molar-refractivity contribution is -0.116. The number of halogens is 1. The van der Waals surface area contributed by atoms with Crippen LogP contribution in [0.25, 0.3) is 0 Å². The quantitative estimate of drug-likeness (QED) is 0.596. The third-order valence-corrected chi connectivity index (χ3v) is 3.59. The Labute approximate surface area is 148 Å². The van der Waals surface area contributed by atoms with Crippen LogP contribution in [0.1, 0.15) is 33.7 Å². The predicted octanol–water partition coefficient (Wildman–Crippen LogP) is 1.96. The fourth-order valence-electron chi connectivity index (χ4n) is 2.21. The molecule has 0 bridgehead atoms. The van der Waals surface area contributed by atoms with Crippen molar-refractivity contribution in [2.75, 3.05) is 19.5 Å². The van der Waals surface area contributed by atoms with Gasteiger partial charge < -0.3 is 14.8 Å². The van der Waals surface area contributed by atoms with Crippen LogP contribution in [0, 0.1) is 5.82 Å². The SMILES string of the molecule is COC(=O)c1cc(NC(=O)CCC(=O)c2ccc(OC)c(F)c2)n(C)n1. The van der Waals surface area contributed by atoms with Gasteiger partial charge in [0.15, 0.2) is 23.0 Å². The molecule has 1 heterocycles. The van der Waals surface area contributed by atoms with Crippen LogP contribution in [0.4, 0.5) is 10.2 Å². The first-order chi connectivity index (χ1) is 12.3. The number of hydrogen-bond donors (Lipinski definition) is 1. The van der Waals surface area contributed by atoms with Crippen molar-refractivity contribution < 1.29 is 28.2 Å². The van der Waals surface area contributed by atoms with Gasteiger partial charge in [0.1, 0.15) is 5.82 Å². The van der Waals surface area contributed by atoms with E-state index in [-0.39, 0.29) is 35.6 Å². The highest BCUT2D eigenvalue weighted by Gasteiger charge is 2.16. The number of methoxy groups -OCH3 is 2. The maximum absolute atomic E-state index is 13.6. The summed E-state index contributed by atoms with van der Waals surface area (Å²) in [7, 11) is 4.10. The molecule has 26 heavy (non-hydrogen) atoms. The monoisotopic (exact) mass is 363 g/mol. The number of rotatable bonds is 7. The fourth-order valence-corrected chi connectivity index (χ4v) is 2.21. The van der Waals surface area contributed by atoms with Crippen LogP contribution in [0.15, 0.2) is 24.3 Å². The van der Waals surface area contributed by atoms with E-state index >= 15 is 0 Å². The molecule has 0 aliphatic carbocycles. The lowest BCUT2D eigenvalue weighted by atomic mass is 10.1. The summed E-state index contributed by atoms with van der Waals surface area (Å²) < 4.78 is 24.3. The maximum Gasteiger partial charge on any atom is 0.358 e. The Morgan fingerprint density at radius 1 is 1.19 bits per heavy atom. The zero-order chi connectivity index (χ0) is 19.3. The minimum absolute atomic E-state index is 0.0388. The van der Waals surface area contributed by atoms with Crippen molar-refractivity contribution in [1.29, 1.82) is 0 Å². The van der Waals surface area contributed by atoms with E-state index in [2.05, 4.69) is 15.2 Å². The zero-order valence-electron chi connectivity index (χ0n) is 14.5. The van der Waals surface area contributed by atoms with E-state index in [1.807, 2.05) is 0 Å². The van der Waals surface area contributed by atoms with Gasteiger partial charge in [-0.1, -0.05) is 0 Å². The van der Waals surface area contributed by atoms with Crippen molar-refractivity contribution in [2.24, 2.45) is 7.05 Å². The Bertz CT molecular complexity index is 847. The average molecular weight is 363 g/mol. The lowest BCUT2D eigenvalue weighted by Gasteiger charge is -2.06. The number of hydrogen-bond acceptors (Lipinski definition) is 6. The molecular formula is C17H18FN3O5. The number of nitrogens with one attached hydrogen (secondary N) is 1. The Balaban J connectivity index is 1.94. The molecule has 0 atom stereocenters. The number of aryl methyl sites for hydroxylation is 1. The molecular weight excluding hydrogens is 345 g/mol. The predicted molar refractivity (Wildman–Crippen MR) is 89.7 cm³/mol. The third-order valence-electron chi connectivity index (χ3n) is 3.59. The molecule has 0 unspecified atom stereocenters. The van der Waals surface area contributed by atoms with Crippen LogP contribution >= 0.6 is 0 Å². The summed E-state index contributed by atoms with van der Waals surface area (Å²) in [5.74, 6) is -1.75. The van der Waals surface area contributed by atoms with Gasteiger partial charge in [-0.25, -0.2) is 9.18 Å². The van der Waals surface area contributed by atoms with Gasteiger partial charge in [0.25, 0.3) is 0 Å². The molecule has 2 rings (SSSR count). The molecule has 9 heteroatoms. The molecule has 0 spiro atoms. The molecule has 2 aromatic rings. The van der Waals surface area contributed by atoms with E-state index in [9.17, 15) is 18.8 Å². The molecule has 138 valence electrons. The van der Waals surface area contributed by atoms with Crippen molar-refractivity contribution in [2.45, 2.75) is 12.8 Å². The van der Waals surface area contributed by atoms with Crippen LogP contribution in [-0.4, -0.2) is 41.7 Å². The first-order valence-corrected chi connectivity index (χ1v) is 7.64. The van der Waals surface area contributed by atoms with Gasteiger partial charge in [-0.05, 0) is 18.2 Å². The van der Waals surface area contributed by atoms with E-state index in [4.69, 9.17) is 4.74 Å². The maximum atomic E-state index is 13.6. The van der Waals surface area contributed by atoms with Crippen molar-refractivity contribution in [3.63, 3.8) is 0 Å². The van der Waals surface area contributed by atoms with Crippen LogP contribution in [0.3, 0.4) is 0 Å². The number of ether oxygens (including phenoxy) is 2. The van der Waals surface area contributed by atoms with E-state index in [1.165, 1.54) is 37.1 Å². The number of anilines is 1. The minimum Gasteiger partial charge on any atom is -0.494 e. The number of amides is 1. The second-order valence-electron chi connectivity index (χ2n) is 5.35. The highest BCUT2D eigenvalue weighted by molar-refractivity contribution is 6.00. The van der Waals surface area contributed by atoms with Crippen molar-refractivity contribution >= 4 is 23.5 Å². The van der Waals surface area contributed by atoms with Crippen molar-refractivity contribution in [3.05, 3.63) is 41.3 Å². The smallest absolute Gasteiger partial charge is 0.358 e. The molecule has 0 fully saturated rings. The third kappa shape index (κ3) is 4.44. The standard InChI is InChI=1S/C17H18FN3O5/c1-21-15(9-12(20-21)17(24)26-3)19-16(23)7-5-13(22)10-4-6-14(25-2)11(18)8-10/h4,6,8-9H,5,7H2,1-3H3,(H,19,23). The number of Topliss-reactive ketones (excluding diaryl/α,β-unsaturated/α-hetero) is 1. The number of carbonyl (C=O) groups is 3. The second-order valence-corrected chi connectivity index (χ2v) is 5.35. The molecule has 1 N–H and O–H groups in total. The van der Waals surface area contributed by atoms with E-state index < -0.39 is 17.7 Å². The molecule has 0 saturated carbocycles. The molecule has 8 nitrogen and oxygen atoms in total. The highest BCUT2D eigenvalue weighted by atomic mass is 19.1. The van der Waals surface area contributed by atoms with Gasteiger partial charge in [-0.15, -0.1) is 0 Å². The molecule has 0 aliphatic heterocycles.